The second kappa shape index (κ2) is 5.66. The predicted octanol–water partition coefficient (Wildman–Crippen LogP) is 2.62. The van der Waals surface area contributed by atoms with Crippen LogP contribution in [0.15, 0.2) is 28.8 Å². The molecule has 20 heavy (non-hydrogen) atoms. The summed E-state index contributed by atoms with van der Waals surface area (Å²) in [6, 6.07) is 3.33. The normalized spacial score (nSPS) is 19.6. The SMILES string of the molecule is CCOC(=O)C1=C(C)N(C)C(=O)N(C)[C@H]1c1cccs1. The third-order valence-corrected chi connectivity index (χ3v) is 4.38. The maximum absolute atomic E-state index is 12.3. The third-order valence-electron chi connectivity index (χ3n) is 3.45. The number of carbonyl (C=O) groups excluding carboxylic acids is 2. The third kappa shape index (κ3) is 2.31. The van der Waals surface area contributed by atoms with Crippen LogP contribution in [0.25, 0.3) is 0 Å². The molecular formula is C14H18N2O3S. The van der Waals surface area contributed by atoms with Crippen molar-refractivity contribution in [2.24, 2.45) is 0 Å². The Labute approximate surface area is 122 Å². The molecule has 2 heterocycles. The Morgan fingerprint density at radius 2 is 2.15 bits per heavy atom. The van der Waals surface area contributed by atoms with Gasteiger partial charge in [0, 0.05) is 24.7 Å². The Morgan fingerprint density at radius 1 is 1.45 bits per heavy atom. The topological polar surface area (TPSA) is 49.9 Å². The maximum Gasteiger partial charge on any atom is 0.338 e. The number of likely N-dealkylation sites (N-methyl/N-ethyl adjacent to an activating group) is 1. The van der Waals surface area contributed by atoms with Crippen LogP contribution in [0.5, 0.6) is 0 Å². The van der Waals surface area contributed by atoms with Gasteiger partial charge in [-0.05, 0) is 25.3 Å². The van der Waals surface area contributed by atoms with Gasteiger partial charge in [-0.2, -0.15) is 0 Å². The Morgan fingerprint density at radius 3 is 2.70 bits per heavy atom. The fourth-order valence-electron chi connectivity index (χ4n) is 2.31. The van der Waals surface area contributed by atoms with Crippen molar-refractivity contribution in [2.45, 2.75) is 19.9 Å². The van der Waals surface area contributed by atoms with Gasteiger partial charge in [0.1, 0.15) is 6.04 Å². The van der Waals surface area contributed by atoms with Gasteiger partial charge in [0.05, 0.1) is 12.2 Å². The van der Waals surface area contributed by atoms with Crippen LogP contribution in [0.3, 0.4) is 0 Å². The number of esters is 1. The van der Waals surface area contributed by atoms with Crippen LogP contribution >= 0.6 is 11.3 Å². The molecule has 0 aromatic carbocycles. The fraction of sp³-hybridized carbons (Fsp3) is 0.429. The molecular weight excluding hydrogens is 276 g/mol. The van der Waals surface area contributed by atoms with Gasteiger partial charge in [-0.15, -0.1) is 11.3 Å². The molecule has 0 radical (unpaired) electrons. The molecule has 0 spiro atoms. The van der Waals surface area contributed by atoms with Gasteiger partial charge in [0.15, 0.2) is 0 Å². The zero-order chi connectivity index (χ0) is 14.9. The zero-order valence-corrected chi connectivity index (χ0v) is 12.9. The average molecular weight is 294 g/mol. The van der Waals surface area contributed by atoms with E-state index in [2.05, 4.69) is 0 Å². The average Bonchev–Trinajstić information content (AvgIpc) is 2.94. The molecule has 1 aliphatic rings. The molecule has 2 amide bonds. The van der Waals surface area contributed by atoms with Crippen LogP contribution in [0.2, 0.25) is 0 Å². The molecule has 1 aromatic heterocycles. The smallest absolute Gasteiger partial charge is 0.338 e. The molecule has 0 saturated carbocycles. The number of carbonyl (C=O) groups is 2. The largest absolute Gasteiger partial charge is 0.463 e. The standard InChI is InChI=1S/C14H18N2O3S/c1-5-19-13(17)11-9(2)15(3)14(18)16(4)12(11)10-7-6-8-20-10/h6-8,12H,5H2,1-4H3/t12-/m0/s1. The number of hydrogen-bond donors (Lipinski definition) is 0. The first-order valence-electron chi connectivity index (χ1n) is 6.40. The molecule has 0 N–H and O–H groups in total. The molecule has 1 aromatic rings. The van der Waals surface area contributed by atoms with Gasteiger partial charge in [-0.1, -0.05) is 6.07 Å². The van der Waals surface area contributed by atoms with Crippen molar-refractivity contribution in [1.82, 2.24) is 9.80 Å². The summed E-state index contributed by atoms with van der Waals surface area (Å²) in [5.74, 6) is -0.366. The lowest BCUT2D eigenvalue weighted by molar-refractivity contribution is -0.139. The molecule has 0 aliphatic carbocycles. The highest BCUT2D eigenvalue weighted by atomic mass is 32.1. The number of allylic oxidation sites excluding steroid dienone is 1. The summed E-state index contributed by atoms with van der Waals surface area (Å²) in [5.41, 5.74) is 1.17. The van der Waals surface area contributed by atoms with E-state index in [1.165, 1.54) is 16.2 Å². The van der Waals surface area contributed by atoms with Crippen molar-refractivity contribution in [1.29, 1.82) is 0 Å². The maximum atomic E-state index is 12.3. The minimum absolute atomic E-state index is 0.131. The van der Waals surface area contributed by atoms with Gasteiger partial charge in [0.25, 0.3) is 0 Å². The van der Waals surface area contributed by atoms with E-state index in [1.54, 1.807) is 32.8 Å². The second-order valence-electron chi connectivity index (χ2n) is 4.59. The number of thiophene rings is 1. The summed E-state index contributed by atoms with van der Waals surface area (Å²) in [4.78, 5) is 28.5. The van der Waals surface area contributed by atoms with Crippen LogP contribution in [0.1, 0.15) is 24.8 Å². The minimum Gasteiger partial charge on any atom is -0.463 e. The first-order chi connectivity index (χ1) is 9.49. The van der Waals surface area contributed by atoms with Crippen molar-refractivity contribution >= 4 is 23.3 Å². The highest BCUT2D eigenvalue weighted by Crippen LogP contribution is 2.37. The molecule has 0 unspecified atom stereocenters. The summed E-state index contributed by atoms with van der Waals surface area (Å²) in [7, 11) is 3.37. The molecule has 1 atom stereocenters. The molecule has 0 bridgehead atoms. The summed E-state index contributed by atoms with van der Waals surface area (Å²) in [5, 5.41) is 1.93. The zero-order valence-electron chi connectivity index (χ0n) is 12.0. The summed E-state index contributed by atoms with van der Waals surface area (Å²) in [6.45, 7) is 3.86. The molecule has 0 fully saturated rings. The van der Waals surface area contributed by atoms with Crippen LogP contribution in [0.4, 0.5) is 4.79 Å². The van der Waals surface area contributed by atoms with Gasteiger partial charge >= 0.3 is 12.0 Å². The molecule has 6 heteroatoms. The van der Waals surface area contributed by atoms with Crippen LogP contribution in [0, 0.1) is 0 Å². The van der Waals surface area contributed by atoms with Gasteiger partial charge in [-0.25, -0.2) is 9.59 Å². The first kappa shape index (κ1) is 14.6. The molecule has 5 nitrogen and oxygen atoms in total. The number of ether oxygens (including phenoxy) is 1. The van der Waals surface area contributed by atoms with Crippen molar-refractivity contribution in [2.75, 3.05) is 20.7 Å². The van der Waals surface area contributed by atoms with Crippen LogP contribution in [-0.2, 0) is 9.53 Å². The Hall–Kier alpha value is -1.82. The Bertz CT molecular complexity index is 551. The van der Waals surface area contributed by atoms with Crippen molar-refractivity contribution in [3.8, 4) is 0 Å². The highest BCUT2D eigenvalue weighted by Gasteiger charge is 2.39. The molecule has 1 aliphatic heterocycles. The fourth-order valence-corrected chi connectivity index (χ4v) is 3.19. The van der Waals surface area contributed by atoms with E-state index >= 15 is 0 Å². The lowest BCUT2D eigenvalue weighted by atomic mass is 9.99. The van der Waals surface area contributed by atoms with Gasteiger partial charge in [-0.3, -0.25) is 0 Å². The van der Waals surface area contributed by atoms with E-state index in [4.69, 9.17) is 4.74 Å². The minimum atomic E-state index is -0.377. The van der Waals surface area contributed by atoms with E-state index in [-0.39, 0.29) is 18.0 Å². The summed E-state index contributed by atoms with van der Waals surface area (Å²) < 4.78 is 5.16. The monoisotopic (exact) mass is 294 g/mol. The van der Waals surface area contributed by atoms with E-state index in [0.29, 0.717) is 17.9 Å². The van der Waals surface area contributed by atoms with Crippen molar-refractivity contribution < 1.29 is 14.3 Å². The number of amides is 2. The van der Waals surface area contributed by atoms with Crippen molar-refractivity contribution in [3.05, 3.63) is 33.7 Å². The van der Waals surface area contributed by atoms with Gasteiger partial charge in [0.2, 0.25) is 0 Å². The molecule has 108 valence electrons. The highest BCUT2D eigenvalue weighted by molar-refractivity contribution is 7.10. The van der Waals surface area contributed by atoms with E-state index in [9.17, 15) is 9.59 Å². The number of urea groups is 1. The predicted molar refractivity (Wildman–Crippen MR) is 77.3 cm³/mol. The molecule has 0 saturated heterocycles. The Kier molecular flexibility index (Phi) is 4.13. The first-order valence-corrected chi connectivity index (χ1v) is 7.28. The van der Waals surface area contributed by atoms with Crippen molar-refractivity contribution in [3.63, 3.8) is 0 Å². The summed E-state index contributed by atoms with van der Waals surface area (Å²) in [6.07, 6.45) is 0. The van der Waals surface area contributed by atoms with Crippen LogP contribution in [-0.4, -0.2) is 42.5 Å². The number of nitrogens with zero attached hydrogens (tertiary/aromatic N) is 2. The van der Waals surface area contributed by atoms with Gasteiger partial charge < -0.3 is 14.5 Å². The Balaban J connectivity index is 2.54. The van der Waals surface area contributed by atoms with E-state index in [1.807, 2.05) is 17.5 Å². The van der Waals surface area contributed by atoms with E-state index < -0.39 is 0 Å². The number of rotatable bonds is 3. The number of hydrogen-bond acceptors (Lipinski definition) is 4. The second-order valence-corrected chi connectivity index (χ2v) is 5.57. The lowest BCUT2D eigenvalue weighted by Crippen LogP contribution is -2.47. The quantitative estimate of drug-likeness (QED) is 0.805. The van der Waals surface area contributed by atoms with E-state index in [0.717, 1.165) is 4.88 Å². The summed E-state index contributed by atoms with van der Waals surface area (Å²) >= 11 is 1.52. The lowest BCUT2D eigenvalue weighted by Gasteiger charge is -2.38. The molecule has 2 rings (SSSR count). The van der Waals surface area contributed by atoms with Crippen LogP contribution < -0.4 is 0 Å².